The van der Waals surface area contributed by atoms with Crippen molar-refractivity contribution in [1.82, 2.24) is 21.5 Å². The van der Waals surface area contributed by atoms with Crippen LogP contribution in [0.1, 0.15) is 24.4 Å². The molecule has 1 aromatic carbocycles. The Balaban J connectivity index is 1.63. The second kappa shape index (κ2) is 6.76. The Kier molecular flexibility index (Phi) is 4.75. The Morgan fingerprint density at radius 3 is 2.73 bits per heavy atom. The van der Waals surface area contributed by atoms with E-state index in [4.69, 9.17) is 0 Å². The third-order valence-electron chi connectivity index (χ3n) is 4.07. The molecule has 0 radical (unpaired) electrons. The van der Waals surface area contributed by atoms with Crippen molar-refractivity contribution in [2.75, 3.05) is 6.54 Å². The zero-order valence-electron chi connectivity index (χ0n) is 12.0. The Hall–Kier alpha value is -1.44. The van der Waals surface area contributed by atoms with Crippen LogP contribution in [0, 0.1) is 0 Å². The zero-order chi connectivity index (χ0) is 15.5. The summed E-state index contributed by atoms with van der Waals surface area (Å²) in [4.78, 5) is 24.1. The lowest BCUT2D eigenvalue weighted by molar-refractivity contribution is -0.130. The van der Waals surface area contributed by atoms with Crippen LogP contribution in [0.3, 0.4) is 0 Å². The molecule has 4 unspecified atom stereocenters. The van der Waals surface area contributed by atoms with E-state index >= 15 is 0 Å². The summed E-state index contributed by atoms with van der Waals surface area (Å²) in [6.45, 7) is 0.686. The van der Waals surface area contributed by atoms with Crippen LogP contribution < -0.4 is 21.5 Å². The standard InChI is InChI=1S/C15H19BrN4O2/c16-11-12(9-5-2-1-3-6-9)19-20-13(11)15(22)18-10-7-4-8-17-14(10)21/h1-3,5-6,10-13,19-20H,4,7-8H2,(H,17,21)(H,18,22). The van der Waals surface area contributed by atoms with Crippen LogP contribution in [0.2, 0.25) is 0 Å². The first-order chi connectivity index (χ1) is 10.7. The maximum absolute atomic E-state index is 12.4. The summed E-state index contributed by atoms with van der Waals surface area (Å²) in [6.07, 6.45) is 1.57. The molecule has 4 N–H and O–H groups in total. The fourth-order valence-electron chi connectivity index (χ4n) is 2.84. The lowest BCUT2D eigenvalue weighted by atomic mass is 10.0. The van der Waals surface area contributed by atoms with Gasteiger partial charge in [0.25, 0.3) is 0 Å². The number of carbonyl (C=O) groups is 2. The Morgan fingerprint density at radius 1 is 1.23 bits per heavy atom. The van der Waals surface area contributed by atoms with Crippen LogP contribution in [-0.4, -0.2) is 35.3 Å². The highest BCUT2D eigenvalue weighted by atomic mass is 79.9. The summed E-state index contributed by atoms with van der Waals surface area (Å²) in [7, 11) is 0. The van der Waals surface area contributed by atoms with Crippen molar-refractivity contribution in [3.8, 4) is 0 Å². The summed E-state index contributed by atoms with van der Waals surface area (Å²) >= 11 is 3.60. The third-order valence-corrected chi connectivity index (χ3v) is 5.13. The number of amides is 2. The first kappa shape index (κ1) is 15.5. The van der Waals surface area contributed by atoms with E-state index in [-0.39, 0.29) is 22.7 Å². The minimum atomic E-state index is -0.432. The molecule has 6 nitrogen and oxygen atoms in total. The number of nitrogens with one attached hydrogen (secondary N) is 4. The maximum Gasteiger partial charge on any atom is 0.242 e. The highest BCUT2D eigenvalue weighted by Gasteiger charge is 2.40. The molecule has 2 amide bonds. The largest absolute Gasteiger partial charge is 0.354 e. The van der Waals surface area contributed by atoms with Gasteiger partial charge < -0.3 is 10.6 Å². The monoisotopic (exact) mass is 366 g/mol. The van der Waals surface area contributed by atoms with E-state index in [0.29, 0.717) is 13.0 Å². The summed E-state index contributed by atoms with van der Waals surface area (Å²) < 4.78 is 0. The van der Waals surface area contributed by atoms with E-state index in [1.165, 1.54) is 0 Å². The lowest BCUT2D eigenvalue weighted by Gasteiger charge is -2.25. The first-order valence-electron chi connectivity index (χ1n) is 7.45. The summed E-state index contributed by atoms with van der Waals surface area (Å²) in [6, 6.07) is 9.06. The molecule has 0 saturated carbocycles. The molecular formula is C15H19BrN4O2. The van der Waals surface area contributed by atoms with Gasteiger partial charge in [-0.1, -0.05) is 46.3 Å². The Bertz CT molecular complexity index is 554. The number of alkyl halides is 1. The normalized spacial score (nSPS) is 31.6. The number of hydrazine groups is 1. The number of halogens is 1. The van der Waals surface area contributed by atoms with Gasteiger partial charge in [-0.05, 0) is 18.4 Å². The molecule has 2 fully saturated rings. The first-order valence-corrected chi connectivity index (χ1v) is 8.36. The van der Waals surface area contributed by atoms with Crippen LogP contribution >= 0.6 is 15.9 Å². The molecule has 118 valence electrons. The van der Waals surface area contributed by atoms with Crippen molar-refractivity contribution in [1.29, 1.82) is 0 Å². The number of carbonyl (C=O) groups excluding carboxylic acids is 2. The molecule has 7 heteroatoms. The van der Waals surface area contributed by atoms with Crippen molar-refractivity contribution in [2.45, 2.75) is 35.8 Å². The highest BCUT2D eigenvalue weighted by Crippen LogP contribution is 2.28. The number of rotatable bonds is 3. The predicted octanol–water partition coefficient (Wildman–Crippen LogP) is 0.362. The van der Waals surface area contributed by atoms with Crippen LogP contribution in [0.15, 0.2) is 30.3 Å². The number of benzene rings is 1. The van der Waals surface area contributed by atoms with Gasteiger partial charge in [-0.25, -0.2) is 10.9 Å². The van der Waals surface area contributed by atoms with E-state index in [1.807, 2.05) is 30.3 Å². The maximum atomic E-state index is 12.4. The fourth-order valence-corrected chi connectivity index (χ4v) is 3.65. The Morgan fingerprint density at radius 2 is 2.00 bits per heavy atom. The molecule has 22 heavy (non-hydrogen) atoms. The van der Waals surface area contributed by atoms with Gasteiger partial charge in [0.2, 0.25) is 11.8 Å². The van der Waals surface area contributed by atoms with E-state index in [9.17, 15) is 9.59 Å². The molecule has 2 aliphatic rings. The summed E-state index contributed by atoms with van der Waals surface area (Å²) in [5.41, 5.74) is 7.26. The van der Waals surface area contributed by atoms with Gasteiger partial charge in [0.1, 0.15) is 12.1 Å². The highest BCUT2D eigenvalue weighted by molar-refractivity contribution is 9.09. The molecule has 0 aliphatic carbocycles. The lowest BCUT2D eigenvalue weighted by Crippen LogP contribution is -2.55. The number of piperidine rings is 1. The van der Waals surface area contributed by atoms with Gasteiger partial charge in [0.05, 0.1) is 10.9 Å². The van der Waals surface area contributed by atoms with Crippen LogP contribution in [0.4, 0.5) is 0 Å². The van der Waals surface area contributed by atoms with Crippen LogP contribution in [-0.2, 0) is 9.59 Å². The molecule has 2 aliphatic heterocycles. The van der Waals surface area contributed by atoms with E-state index < -0.39 is 12.1 Å². The smallest absolute Gasteiger partial charge is 0.242 e. The Labute approximate surface area is 137 Å². The van der Waals surface area contributed by atoms with E-state index in [2.05, 4.69) is 37.4 Å². The van der Waals surface area contributed by atoms with Gasteiger partial charge in [0.15, 0.2) is 0 Å². The minimum Gasteiger partial charge on any atom is -0.354 e. The van der Waals surface area contributed by atoms with Crippen molar-refractivity contribution >= 4 is 27.7 Å². The summed E-state index contributed by atoms with van der Waals surface area (Å²) in [5.74, 6) is -0.272. The summed E-state index contributed by atoms with van der Waals surface area (Å²) in [5, 5.41) is 5.60. The molecule has 2 heterocycles. The molecule has 0 bridgehead atoms. The molecule has 0 aromatic heterocycles. The average Bonchev–Trinajstić information content (AvgIpc) is 2.92. The van der Waals surface area contributed by atoms with Gasteiger partial charge in [-0.15, -0.1) is 0 Å². The fraction of sp³-hybridized carbons (Fsp3) is 0.467. The second-order valence-corrected chi connectivity index (χ2v) is 6.65. The predicted molar refractivity (Wildman–Crippen MR) is 86.1 cm³/mol. The van der Waals surface area contributed by atoms with Crippen molar-refractivity contribution in [2.24, 2.45) is 0 Å². The molecule has 0 spiro atoms. The molecular weight excluding hydrogens is 348 g/mol. The van der Waals surface area contributed by atoms with Crippen molar-refractivity contribution in [3.05, 3.63) is 35.9 Å². The van der Waals surface area contributed by atoms with E-state index in [0.717, 1.165) is 12.0 Å². The number of hydrogen-bond acceptors (Lipinski definition) is 4. The van der Waals surface area contributed by atoms with Crippen molar-refractivity contribution in [3.63, 3.8) is 0 Å². The molecule has 4 atom stereocenters. The quantitative estimate of drug-likeness (QED) is 0.582. The van der Waals surface area contributed by atoms with Crippen LogP contribution in [0.5, 0.6) is 0 Å². The molecule has 3 rings (SSSR count). The minimum absolute atomic E-state index is 0.00266. The van der Waals surface area contributed by atoms with Crippen LogP contribution in [0.25, 0.3) is 0 Å². The van der Waals surface area contributed by atoms with Gasteiger partial charge in [0, 0.05) is 6.54 Å². The van der Waals surface area contributed by atoms with Gasteiger partial charge >= 0.3 is 0 Å². The average molecular weight is 367 g/mol. The zero-order valence-corrected chi connectivity index (χ0v) is 13.6. The van der Waals surface area contributed by atoms with Gasteiger partial charge in [-0.2, -0.15) is 0 Å². The number of hydrogen-bond donors (Lipinski definition) is 4. The van der Waals surface area contributed by atoms with Gasteiger partial charge in [-0.3, -0.25) is 9.59 Å². The van der Waals surface area contributed by atoms with Crippen molar-refractivity contribution < 1.29 is 9.59 Å². The third kappa shape index (κ3) is 3.16. The second-order valence-electron chi connectivity index (χ2n) is 5.59. The topological polar surface area (TPSA) is 82.3 Å². The van der Waals surface area contributed by atoms with E-state index in [1.54, 1.807) is 0 Å². The molecule has 2 saturated heterocycles. The SMILES string of the molecule is O=C1NCCCC1NC(=O)C1NNC(c2ccccc2)C1Br. The molecule has 1 aromatic rings.